The molecule has 0 amide bonds. The van der Waals surface area contributed by atoms with Crippen LogP contribution in [0.25, 0.3) is 0 Å². The van der Waals surface area contributed by atoms with Crippen LogP contribution in [0.15, 0.2) is 0 Å². The van der Waals surface area contributed by atoms with Gasteiger partial charge in [-0.1, -0.05) is 0 Å². The van der Waals surface area contributed by atoms with E-state index in [1.807, 2.05) is 0 Å². The molecular formula is C9H6F4O2. The predicted molar refractivity (Wildman–Crippen MR) is 42.8 cm³/mol. The first-order valence-corrected chi connectivity index (χ1v) is 3.98. The second-order valence-electron chi connectivity index (χ2n) is 2.55. The third kappa shape index (κ3) is 1.79. The van der Waals surface area contributed by atoms with E-state index in [0.29, 0.717) is 0 Å². The number of aldehydes is 1. The van der Waals surface area contributed by atoms with Gasteiger partial charge in [0.2, 0.25) is 11.6 Å². The highest BCUT2D eigenvalue weighted by Crippen LogP contribution is 2.29. The van der Waals surface area contributed by atoms with Crippen LogP contribution in [-0.2, 0) is 0 Å². The molecule has 0 aliphatic rings. The fourth-order valence-corrected chi connectivity index (χ4v) is 1.00. The maximum atomic E-state index is 13.0. The molecule has 0 saturated heterocycles. The van der Waals surface area contributed by atoms with Gasteiger partial charge in [-0.05, 0) is 6.92 Å². The molecule has 0 bridgehead atoms. The van der Waals surface area contributed by atoms with Crippen LogP contribution >= 0.6 is 0 Å². The van der Waals surface area contributed by atoms with Crippen molar-refractivity contribution in [2.75, 3.05) is 6.61 Å². The van der Waals surface area contributed by atoms with E-state index in [0.717, 1.165) is 0 Å². The van der Waals surface area contributed by atoms with Crippen molar-refractivity contribution in [3.63, 3.8) is 0 Å². The summed E-state index contributed by atoms with van der Waals surface area (Å²) >= 11 is 0. The van der Waals surface area contributed by atoms with Gasteiger partial charge in [0.15, 0.2) is 23.7 Å². The molecule has 0 spiro atoms. The van der Waals surface area contributed by atoms with Crippen molar-refractivity contribution in [1.82, 2.24) is 0 Å². The topological polar surface area (TPSA) is 26.3 Å². The average Bonchev–Trinajstić information content (AvgIpc) is 2.23. The summed E-state index contributed by atoms with van der Waals surface area (Å²) in [4.78, 5) is 10.2. The number of ether oxygens (including phenoxy) is 1. The average molecular weight is 222 g/mol. The van der Waals surface area contributed by atoms with Gasteiger partial charge in [-0.25, -0.2) is 8.78 Å². The van der Waals surface area contributed by atoms with E-state index < -0.39 is 34.6 Å². The Hall–Kier alpha value is -1.59. The highest BCUT2D eigenvalue weighted by Gasteiger charge is 2.25. The summed E-state index contributed by atoms with van der Waals surface area (Å²) in [5, 5.41) is 0. The van der Waals surface area contributed by atoms with Crippen LogP contribution in [0.2, 0.25) is 0 Å². The van der Waals surface area contributed by atoms with E-state index in [9.17, 15) is 22.4 Å². The molecule has 0 fully saturated rings. The number of carbonyl (C=O) groups excluding carboxylic acids is 1. The van der Waals surface area contributed by atoms with Crippen LogP contribution < -0.4 is 4.74 Å². The molecule has 0 N–H and O–H groups in total. The molecule has 0 saturated carbocycles. The quantitative estimate of drug-likeness (QED) is 0.446. The Morgan fingerprint density at radius 3 is 1.87 bits per heavy atom. The van der Waals surface area contributed by atoms with Gasteiger partial charge in [-0.15, -0.1) is 0 Å². The SMILES string of the molecule is CCOc1c(F)c(F)c(C=O)c(F)c1F. The van der Waals surface area contributed by atoms with Crippen LogP contribution in [0, 0.1) is 23.3 Å². The molecule has 0 aromatic heterocycles. The monoisotopic (exact) mass is 222 g/mol. The second-order valence-corrected chi connectivity index (χ2v) is 2.55. The first-order chi connectivity index (χ1) is 7.04. The Balaban J connectivity index is 3.51. The van der Waals surface area contributed by atoms with Crippen molar-refractivity contribution in [2.45, 2.75) is 6.92 Å². The van der Waals surface area contributed by atoms with Gasteiger partial charge in [0.25, 0.3) is 0 Å². The minimum absolute atomic E-state index is 0.160. The zero-order valence-electron chi connectivity index (χ0n) is 7.61. The smallest absolute Gasteiger partial charge is 0.204 e. The summed E-state index contributed by atoms with van der Waals surface area (Å²) in [7, 11) is 0. The van der Waals surface area contributed by atoms with Crippen LogP contribution in [0.1, 0.15) is 17.3 Å². The van der Waals surface area contributed by atoms with Gasteiger partial charge in [-0.3, -0.25) is 4.79 Å². The number of rotatable bonds is 3. The summed E-state index contributed by atoms with van der Waals surface area (Å²) < 4.78 is 56.3. The molecule has 15 heavy (non-hydrogen) atoms. The van der Waals surface area contributed by atoms with Gasteiger partial charge >= 0.3 is 0 Å². The summed E-state index contributed by atoms with van der Waals surface area (Å²) in [5.74, 6) is -8.09. The summed E-state index contributed by atoms with van der Waals surface area (Å²) in [6.45, 7) is 1.23. The van der Waals surface area contributed by atoms with Crippen LogP contribution in [0.3, 0.4) is 0 Å². The van der Waals surface area contributed by atoms with Gasteiger partial charge in [0.05, 0.1) is 12.2 Å². The third-order valence-corrected chi connectivity index (χ3v) is 1.66. The number of carbonyl (C=O) groups is 1. The molecule has 2 nitrogen and oxygen atoms in total. The Labute approximate surface area is 82.5 Å². The number of halogens is 4. The number of benzene rings is 1. The zero-order valence-corrected chi connectivity index (χ0v) is 7.61. The van der Waals surface area contributed by atoms with Crippen molar-refractivity contribution in [3.05, 3.63) is 28.8 Å². The van der Waals surface area contributed by atoms with Crippen molar-refractivity contribution < 1.29 is 27.1 Å². The molecule has 0 aliphatic heterocycles. The van der Waals surface area contributed by atoms with Crippen LogP contribution in [-0.4, -0.2) is 12.9 Å². The Morgan fingerprint density at radius 2 is 1.53 bits per heavy atom. The van der Waals surface area contributed by atoms with Crippen molar-refractivity contribution in [2.24, 2.45) is 0 Å². The maximum absolute atomic E-state index is 13.0. The van der Waals surface area contributed by atoms with E-state index in [2.05, 4.69) is 4.74 Å². The summed E-state index contributed by atoms with van der Waals surface area (Å²) in [5.41, 5.74) is -1.28. The van der Waals surface area contributed by atoms with Crippen LogP contribution in [0.4, 0.5) is 17.6 Å². The van der Waals surface area contributed by atoms with Gasteiger partial charge in [-0.2, -0.15) is 8.78 Å². The van der Waals surface area contributed by atoms with E-state index in [1.54, 1.807) is 0 Å². The normalized spacial score (nSPS) is 10.2. The highest BCUT2D eigenvalue weighted by molar-refractivity contribution is 5.76. The standard InChI is InChI=1S/C9H6F4O2/c1-2-15-9-7(12)5(10)4(3-14)6(11)8(9)13/h3H,2H2,1H3. The molecule has 0 atom stereocenters. The largest absolute Gasteiger partial charge is 0.488 e. The van der Waals surface area contributed by atoms with Gasteiger partial charge in [0.1, 0.15) is 0 Å². The number of hydrogen-bond donors (Lipinski definition) is 0. The van der Waals surface area contributed by atoms with E-state index >= 15 is 0 Å². The van der Waals surface area contributed by atoms with Crippen molar-refractivity contribution >= 4 is 6.29 Å². The van der Waals surface area contributed by atoms with Crippen molar-refractivity contribution in [3.8, 4) is 5.75 Å². The third-order valence-electron chi connectivity index (χ3n) is 1.66. The molecular weight excluding hydrogens is 216 g/mol. The number of hydrogen-bond acceptors (Lipinski definition) is 2. The molecule has 1 aromatic carbocycles. The Kier molecular flexibility index (Phi) is 3.28. The molecule has 0 radical (unpaired) electrons. The van der Waals surface area contributed by atoms with E-state index in [1.165, 1.54) is 6.92 Å². The molecule has 6 heteroatoms. The zero-order chi connectivity index (χ0) is 11.6. The predicted octanol–water partition coefficient (Wildman–Crippen LogP) is 2.45. The molecule has 0 heterocycles. The van der Waals surface area contributed by atoms with E-state index in [4.69, 9.17) is 0 Å². The first-order valence-electron chi connectivity index (χ1n) is 3.98. The lowest BCUT2D eigenvalue weighted by molar-refractivity contribution is 0.111. The fraction of sp³-hybridized carbons (Fsp3) is 0.222. The van der Waals surface area contributed by atoms with Crippen LogP contribution in [0.5, 0.6) is 5.75 Å². The van der Waals surface area contributed by atoms with Gasteiger partial charge in [0, 0.05) is 0 Å². The Bertz CT molecular complexity index is 375. The minimum atomic E-state index is -1.76. The lowest BCUT2D eigenvalue weighted by Crippen LogP contribution is -2.07. The van der Waals surface area contributed by atoms with E-state index in [-0.39, 0.29) is 12.9 Å². The second kappa shape index (κ2) is 4.29. The maximum Gasteiger partial charge on any atom is 0.204 e. The molecule has 0 aliphatic carbocycles. The molecule has 1 aromatic rings. The van der Waals surface area contributed by atoms with Gasteiger partial charge < -0.3 is 4.74 Å². The minimum Gasteiger partial charge on any atom is -0.488 e. The highest BCUT2D eigenvalue weighted by atomic mass is 19.2. The molecule has 1 rings (SSSR count). The summed E-state index contributed by atoms with van der Waals surface area (Å²) in [6.07, 6.45) is -0.299. The first kappa shape index (κ1) is 11.5. The Morgan fingerprint density at radius 1 is 1.07 bits per heavy atom. The molecule has 0 unspecified atom stereocenters. The van der Waals surface area contributed by atoms with Crippen molar-refractivity contribution in [1.29, 1.82) is 0 Å². The summed E-state index contributed by atoms with van der Waals surface area (Å²) in [6, 6.07) is 0. The lowest BCUT2D eigenvalue weighted by atomic mass is 10.2. The fourth-order valence-electron chi connectivity index (χ4n) is 1.00. The lowest BCUT2D eigenvalue weighted by Gasteiger charge is -2.08. The molecule has 82 valence electrons.